The van der Waals surface area contributed by atoms with E-state index in [0.29, 0.717) is 52.3 Å². The molecule has 3 rings (SSSR count). The first-order valence-electron chi connectivity index (χ1n) is 10.0. The number of hydrogen-bond acceptors (Lipinski definition) is 5. The van der Waals surface area contributed by atoms with Gasteiger partial charge in [0, 0.05) is 32.4 Å². The van der Waals surface area contributed by atoms with Crippen LogP contribution in [0.5, 0.6) is 5.75 Å². The summed E-state index contributed by atoms with van der Waals surface area (Å²) in [5.41, 5.74) is 3.57. The summed E-state index contributed by atoms with van der Waals surface area (Å²) >= 11 is 0. The van der Waals surface area contributed by atoms with E-state index in [0.717, 1.165) is 5.57 Å². The van der Waals surface area contributed by atoms with Gasteiger partial charge in [0.1, 0.15) is 11.6 Å². The molecule has 2 aliphatic rings. The lowest BCUT2D eigenvalue weighted by Gasteiger charge is -2.35. The van der Waals surface area contributed by atoms with Gasteiger partial charge in [0.05, 0.1) is 41.8 Å². The maximum atomic E-state index is 14.8. The molecule has 2 atom stereocenters. The summed E-state index contributed by atoms with van der Waals surface area (Å²) < 4.78 is 20.5. The average molecular weight is 445 g/mol. The van der Waals surface area contributed by atoms with Gasteiger partial charge in [-0.2, -0.15) is 0 Å². The molecular formula is C23H29FN3O3P. The Hall–Kier alpha value is -2.63. The number of fused-ring (bicyclic) bond motifs is 1. The minimum atomic E-state index is -0.350. The number of amides is 1. The van der Waals surface area contributed by atoms with E-state index in [4.69, 9.17) is 4.74 Å². The topological polar surface area (TPSA) is 65.0 Å². The van der Waals surface area contributed by atoms with Gasteiger partial charge in [-0.05, 0) is 37.4 Å². The summed E-state index contributed by atoms with van der Waals surface area (Å²) in [6, 6.07) is 2.90. The molecule has 0 bridgehead atoms. The Morgan fingerprint density at radius 1 is 1.42 bits per heavy atom. The Morgan fingerprint density at radius 2 is 2.13 bits per heavy atom. The molecule has 1 aromatic carbocycles. The van der Waals surface area contributed by atoms with E-state index in [9.17, 15) is 14.3 Å². The van der Waals surface area contributed by atoms with Gasteiger partial charge in [-0.3, -0.25) is 4.79 Å². The van der Waals surface area contributed by atoms with Crippen LogP contribution in [0.3, 0.4) is 0 Å². The monoisotopic (exact) mass is 445 g/mol. The summed E-state index contributed by atoms with van der Waals surface area (Å²) in [4.78, 5) is 15.9. The van der Waals surface area contributed by atoms with Crippen LogP contribution in [0.2, 0.25) is 0 Å². The van der Waals surface area contributed by atoms with Crippen LogP contribution in [-0.4, -0.2) is 48.1 Å². The number of hydrogen-bond donors (Lipinski definition) is 2. The zero-order valence-electron chi connectivity index (χ0n) is 18.3. The van der Waals surface area contributed by atoms with Crippen molar-refractivity contribution in [3.05, 3.63) is 70.6 Å². The highest BCUT2D eigenvalue weighted by Gasteiger charge is 2.30. The first kappa shape index (κ1) is 23.0. The largest absolute Gasteiger partial charge is 0.493 e. The van der Waals surface area contributed by atoms with Crippen LogP contribution in [0.25, 0.3) is 0 Å². The Kier molecular flexibility index (Phi) is 6.87. The maximum Gasteiger partial charge on any atom is 0.254 e. The Bertz CT molecular complexity index is 1010. The SMILES string of the molecule is C=C1C(NC2CCOc3cc(P)cc(F)c32)=CC(C(=O)N(C)C)=CN1C(CO)=C(C)C. The normalized spacial score (nSPS) is 17.8. The molecule has 0 saturated carbocycles. The molecule has 31 heavy (non-hydrogen) atoms. The lowest BCUT2D eigenvalue weighted by molar-refractivity contribution is -0.124. The summed E-state index contributed by atoms with van der Waals surface area (Å²) in [6.45, 7) is 8.18. The number of aliphatic hydroxyl groups excluding tert-OH is 1. The molecule has 6 nitrogen and oxygen atoms in total. The summed E-state index contributed by atoms with van der Waals surface area (Å²) in [5, 5.41) is 14.0. The van der Waals surface area contributed by atoms with Gasteiger partial charge in [-0.1, -0.05) is 12.2 Å². The number of carbonyl (C=O) groups excluding carboxylic acids is 1. The summed E-state index contributed by atoms with van der Waals surface area (Å²) in [5.74, 6) is -0.0267. The van der Waals surface area contributed by atoms with Gasteiger partial charge in [0.25, 0.3) is 5.91 Å². The van der Waals surface area contributed by atoms with E-state index in [1.165, 1.54) is 11.0 Å². The summed E-state index contributed by atoms with van der Waals surface area (Å²) in [7, 11) is 5.84. The van der Waals surface area contributed by atoms with Crippen LogP contribution in [0, 0.1) is 5.82 Å². The lowest BCUT2D eigenvalue weighted by atomic mass is 9.98. The first-order chi connectivity index (χ1) is 14.6. The van der Waals surface area contributed by atoms with Crippen LogP contribution in [-0.2, 0) is 4.79 Å². The Labute approximate surface area is 184 Å². The standard InChI is InChI=1S/C23H29FN3O3P/c1-13(2)20(12-28)27-11-15(23(29)26(4)5)8-19(14(27)3)25-18-6-7-30-21-10-16(31)9-17(24)22(18)21/h8-11,18,25,28H,3,6-7,12,31H2,1-2,4-5H3. The molecule has 0 radical (unpaired) electrons. The number of allylic oxidation sites excluding steroid dienone is 1. The molecule has 2 unspecified atom stereocenters. The molecule has 8 heteroatoms. The molecule has 166 valence electrons. The van der Waals surface area contributed by atoms with Gasteiger partial charge in [0.15, 0.2) is 0 Å². The highest BCUT2D eigenvalue weighted by Crippen LogP contribution is 2.36. The van der Waals surface area contributed by atoms with Crippen LogP contribution in [0.1, 0.15) is 31.9 Å². The fraction of sp³-hybridized carbons (Fsp3) is 0.348. The van der Waals surface area contributed by atoms with Crippen molar-refractivity contribution >= 4 is 20.5 Å². The van der Waals surface area contributed by atoms with Crippen molar-refractivity contribution in [3.63, 3.8) is 0 Å². The third kappa shape index (κ3) is 4.68. The molecule has 0 aliphatic carbocycles. The molecule has 0 spiro atoms. The maximum absolute atomic E-state index is 14.8. The molecule has 2 heterocycles. The van der Waals surface area contributed by atoms with Gasteiger partial charge in [-0.15, -0.1) is 9.24 Å². The minimum Gasteiger partial charge on any atom is -0.493 e. The zero-order chi connectivity index (χ0) is 22.9. The number of ether oxygens (including phenoxy) is 1. The highest BCUT2D eigenvalue weighted by molar-refractivity contribution is 7.27. The van der Waals surface area contributed by atoms with Crippen LogP contribution < -0.4 is 15.4 Å². The number of benzene rings is 1. The fourth-order valence-corrected chi connectivity index (χ4v) is 3.97. The molecule has 2 aliphatic heterocycles. The average Bonchev–Trinajstić information content (AvgIpc) is 2.69. The number of nitrogens with zero attached hydrogens (tertiary/aromatic N) is 2. The van der Waals surface area contributed by atoms with Gasteiger partial charge >= 0.3 is 0 Å². The predicted octanol–water partition coefficient (Wildman–Crippen LogP) is 2.71. The molecule has 0 fully saturated rings. The number of likely N-dealkylation sites (N-methyl/N-ethyl adjacent to an activating group) is 1. The molecule has 0 aromatic heterocycles. The smallest absolute Gasteiger partial charge is 0.254 e. The van der Waals surface area contributed by atoms with Gasteiger partial charge in [0.2, 0.25) is 0 Å². The second-order valence-electron chi connectivity index (χ2n) is 8.01. The number of rotatable bonds is 5. The second kappa shape index (κ2) is 9.25. The quantitative estimate of drug-likeness (QED) is 0.683. The van der Waals surface area contributed by atoms with Crippen molar-refractivity contribution in [1.82, 2.24) is 15.1 Å². The second-order valence-corrected chi connectivity index (χ2v) is 8.68. The molecule has 1 aromatic rings. The third-order valence-corrected chi connectivity index (χ3v) is 5.63. The van der Waals surface area contributed by atoms with Crippen molar-refractivity contribution in [2.45, 2.75) is 26.3 Å². The Balaban J connectivity index is 2.03. The number of carbonyl (C=O) groups is 1. The molecule has 1 amide bonds. The number of aliphatic hydroxyl groups is 1. The van der Waals surface area contributed by atoms with E-state index in [2.05, 4.69) is 21.1 Å². The van der Waals surface area contributed by atoms with Crippen molar-refractivity contribution in [2.75, 3.05) is 27.3 Å². The van der Waals surface area contributed by atoms with Crippen LogP contribution in [0.4, 0.5) is 4.39 Å². The highest BCUT2D eigenvalue weighted by atomic mass is 31.0. The molecule has 2 N–H and O–H groups in total. The minimum absolute atomic E-state index is 0.186. The summed E-state index contributed by atoms with van der Waals surface area (Å²) in [6.07, 6.45) is 3.95. The van der Waals surface area contributed by atoms with Crippen molar-refractivity contribution < 1.29 is 19.0 Å². The van der Waals surface area contributed by atoms with E-state index in [1.54, 1.807) is 37.3 Å². The van der Waals surface area contributed by atoms with E-state index < -0.39 is 0 Å². The molecule has 0 saturated heterocycles. The fourth-order valence-electron chi connectivity index (χ4n) is 3.67. The van der Waals surface area contributed by atoms with E-state index in [1.807, 2.05) is 13.8 Å². The van der Waals surface area contributed by atoms with Crippen LogP contribution in [0.15, 0.2) is 59.2 Å². The van der Waals surface area contributed by atoms with Crippen molar-refractivity contribution in [2.24, 2.45) is 0 Å². The third-order valence-electron chi connectivity index (χ3n) is 5.30. The number of halogens is 1. The van der Waals surface area contributed by atoms with E-state index >= 15 is 0 Å². The van der Waals surface area contributed by atoms with Crippen molar-refractivity contribution in [1.29, 1.82) is 0 Å². The van der Waals surface area contributed by atoms with Gasteiger partial charge < -0.3 is 25.0 Å². The van der Waals surface area contributed by atoms with Crippen LogP contribution >= 0.6 is 9.24 Å². The lowest BCUT2D eigenvalue weighted by Crippen LogP contribution is -2.35. The van der Waals surface area contributed by atoms with E-state index in [-0.39, 0.29) is 24.4 Å². The first-order valence-corrected chi connectivity index (χ1v) is 10.6. The van der Waals surface area contributed by atoms with Gasteiger partial charge in [-0.25, -0.2) is 4.39 Å². The number of nitrogens with one attached hydrogen (secondary N) is 1. The zero-order valence-corrected chi connectivity index (χ0v) is 19.5. The Morgan fingerprint density at radius 3 is 2.74 bits per heavy atom. The molecular weight excluding hydrogens is 416 g/mol. The predicted molar refractivity (Wildman–Crippen MR) is 123 cm³/mol. The van der Waals surface area contributed by atoms with Crippen molar-refractivity contribution in [3.8, 4) is 5.75 Å².